The fourth-order valence-corrected chi connectivity index (χ4v) is 6.59. The number of benzene rings is 4. The Kier molecular flexibility index (Phi) is 12.5. The Morgan fingerprint density at radius 2 is 0.815 bits per heavy atom. The van der Waals surface area contributed by atoms with Gasteiger partial charge in [0.15, 0.2) is 34.6 Å². The van der Waals surface area contributed by atoms with Gasteiger partial charge in [0, 0.05) is 21.2 Å². The summed E-state index contributed by atoms with van der Waals surface area (Å²) in [4.78, 5) is 47.8. The third-order valence-corrected chi connectivity index (χ3v) is 9.25. The third-order valence-electron chi connectivity index (χ3n) is 7.55. The number of rotatable bonds is 10. The number of nitrogens with two attached hydrogens (primary N) is 4. The van der Waals surface area contributed by atoms with Gasteiger partial charge in [-0.25, -0.2) is 9.36 Å². The average molecular weight is 849 g/mol. The van der Waals surface area contributed by atoms with Gasteiger partial charge in [-0.15, -0.1) is 10.2 Å². The summed E-state index contributed by atoms with van der Waals surface area (Å²) in [5.41, 5.74) is 24.1. The minimum absolute atomic E-state index is 0.0241. The molecule has 6 aromatic rings. The Hall–Kier alpha value is -5.22. The Morgan fingerprint density at radius 3 is 1.07 bits per heavy atom. The normalized spacial score (nSPS) is 10.8. The summed E-state index contributed by atoms with van der Waals surface area (Å²) in [6, 6.07) is 19.1. The highest BCUT2D eigenvalue weighted by Gasteiger charge is 2.22. The largest absolute Gasteiger partial charge is 0.382 e. The van der Waals surface area contributed by atoms with E-state index in [1.54, 1.807) is 72.8 Å². The number of amides is 2. The number of hydrogen-bond donors (Lipinski definition) is 4. The second kappa shape index (κ2) is 16.8. The lowest BCUT2D eigenvalue weighted by Crippen LogP contribution is -2.15. The third kappa shape index (κ3) is 8.93. The van der Waals surface area contributed by atoms with Gasteiger partial charge in [-0.05, 0) is 83.9 Å². The molecule has 0 fully saturated rings. The second-order valence-electron chi connectivity index (χ2n) is 11.2. The smallest absolute Gasteiger partial charge is 0.273 e. The van der Waals surface area contributed by atoms with E-state index in [0.717, 1.165) is 0 Å². The van der Waals surface area contributed by atoms with Crippen molar-refractivity contribution in [1.82, 2.24) is 30.0 Å². The Labute approximate surface area is 335 Å². The molecule has 6 rings (SSSR count). The standard InChI is InChI=1S/2C17H12Cl3N5O2/c2*18-10-3-1-9(2-4-10)15(26)13-11(19)5-8(6-12(13)20)7-25-16(21)14(17(22)27)23-24-25/h2*1-6H,7,21H2,(H2,22,27). The number of carbonyl (C=O) groups is 4. The maximum Gasteiger partial charge on any atom is 0.273 e. The fraction of sp³-hybridized carbons (Fsp3) is 0.0588. The summed E-state index contributed by atoms with van der Waals surface area (Å²) in [5, 5.41) is 16.5. The quantitative estimate of drug-likeness (QED) is 0.111. The summed E-state index contributed by atoms with van der Waals surface area (Å²) < 4.78 is 2.56. The zero-order valence-electron chi connectivity index (χ0n) is 27.2. The highest BCUT2D eigenvalue weighted by atomic mass is 35.5. The molecule has 0 saturated carbocycles. The minimum atomic E-state index is -0.779. The lowest BCUT2D eigenvalue weighted by atomic mass is 10.0. The van der Waals surface area contributed by atoms with Crippen LogP contribution in [-0.4, -0.2) is 53.4 Å². The number of hydrogen-bond acceptors (Lipinski definition) is 10. The van der Waals surface area contributed by atoms with Crippen LogP contribution in [0.25, 0.3) is 0 Å². The van der Waals surface area contributed by atoms with Crippen molar-refractivity contribution < 1.29 is 19.2 Å². The molecular formula is C34H24Cl6N10O4. The van der Waals surface area contributed by atoms with Gasteiger partial charge in [-0.3, -0.25) is 19.2 Å². The van der Waals surface area contributed by atoms with Gasteiger partial charge in [0.25, 0.3) is 11.8 Å². The zero-order valence-corrected chi connectivity index (χ0v) is 31.8. The zero-order chi connectivity index (χ0) is 39.4. The van der Waals surface area contributed by atoms with Gasteiger partial charge < -0.3 is 22.9 Å². The molecule has 0 aliphatic heterocycles. The molecule has 0 bridgehead atoms. The number of carbonyl (C=O) groups excluding carboxylic acids is 4. The minimum Gasteiger partial charge on any atom is -0.382 e. The molecule has 8 N–H and O–H groups in total. The van der Waals surface area contributed by atoms with Gasteiger partial charge >= 0.3 is 0 Å². The van der Waals surface area contributed by atoms with Crippen LogP contribution in [0, 0.1) is 0 Å². The van der Waals surface area contributed by atoms with Crippen molar-refractivity contribution in [3.05, 3.63) is 148 Å². The molecule has 0 saturated heterocycles. The van der Waals surface area contributed by atoms with Crippen molar-refractivity contribution in [2.45, 2.75) is 13.1 Å². The number of halogens is 6. The van der Waals surface area contributed by atoms with Crippen LogP contribution in [0.5, 0.6) is 0 Å². The summed E-state index contributed by atoms with van der Waals surface area (Å²) in [6.07, 6.45) is 0. The second-order valence-corrected chi connectivity index (χ2v) is 13.7. The van der Waals surface area contributed by atoms with Crippen molar-refractivity contribution in [2.24, 2.45) is 11.5 Å². The molecule has 0 aliphatic rings. The Bertz CT molecular complexity index is 2220. The molecule has 14 nitrogen and oxygen atoms in total. The van der Waals surface area contributed by atoms with Crippen LogP contribution >= 0.6 is 69.6 Å². The Balaban J connectivity index is 0.000000208. The van der Waals surface area contributed by atoms with Gasteiger partial charge in [0.05, 0.1) is 44.3 Å². The van der Waals surface area contributed by atoms with Crippen LogP contribution in [0.1, 0.15) is 63.9 Å². The van der Waals surface area contributed by atoms with Gasteiger partial charge in [0.2, 0.25) is 0 Å². The highest BCUT2D eigenvalue weighted by Crippen LogP contribution is 2.31. The molecule has 20 heteroatoms. The topological polar surface area (TPSA) is 234 Å². The molecular weight excluding hydrogens is 825 g/mol. The molecule has 276 valence electrons. The first-order valence-electron chi connectivity index (χ1n) is 15.1. The molecule has 0 atom stereocenters. The summed E-state index contributed by atoms with van der Waals surface area (Å²) in [6.45, 7) is 0.280. The van der Waals surface area contributed by atoms with Gasteiger partial charge in [0.1, 0.15) is 0 Å². The van der Waals surface area contributed by atoms with E-state index < -0.39 is 11.8 Å². The molecule has 2 aromatic heterocycles. The number of ketones is 2. The molecule has 2 heterocycles. The first-order valence-corrected chi connectivity index (χ1v) is 17.4. The van der Waals surface area contributed by atoms with Crippen molar-refractivity contribution in [3.8, 4) is 0 Å². The van der Waals surface area contributed by atoms with E-state index in [0.29, 0.717) is 32.3 Å². The Morgan fingerprint density at radius 1 is 0.519 bits per heavy atom. The van der Waals surface area contributed by atoms with E-state index in [2.05, 4.69) is 20.6 Å². The maximum absolute atomic E-state index is 12.7. The van der Waals surface area contributed by atoms with E-state index in [1.165, 1.54) is 9.36 Å². The number of anilines is 2. The van der Waals surface area contributed by atoms with E-state index in [9.17, 15) is 19.2 Å². The van der Waals surface area contributed by atoms with E-state index in [4.69, 9.17) is 92.5 Å². The van der Waals surface area contributed by atoms with Crippen LogP contribution in [0.2, 0.25) is 30.1 Å². The first kappa shape index (κ1) is 40.0. The van der Waals surface area contributed by atoms with E-state index in [1.807, 2.05) is 0 Å². The van der Waals surface area contributed by atoms with Crippen LogP contribution in [0.3, 0.4) is 0 Å². The monoisotopic (exact) mass is 846 g/mol. The molecule has 4 aromatic carbocycles. The van der Waals surface area contributed by atoms with Gasteiger partial charge in [-0.1, -0.05) is 80.0 Å². The SMILES string of the molecule is NC(=O)c1nnn(Cc2cc(Cl)c(C(=O)c3ccc(Cl)cc3)c(Cl)c2)c1N.NC(=O)c1nnn(Cc2cc(Cl)c(C(=O)c3ccc(Cl)cc3)c(Cl)c2)c1N. The molecule has 2 amide bonds. The van der Waals surface area contributed by atoms with Crippen molar-refractivity contribution in [3.63, 3.8) is 0 Å². The number of nitrogens with zero attached hydrogens (tertiary/aromatic N) is 6. The lowest BCUT2D eigenvalue weighted by molar-refractivity contribution is 0.0988. The van der Waals surface area contributed by atoms with Crippen LogP contribution in [0.4, 0.5) is 11.6 Å². The molecule has 54 heavy (non-hydrogen) atoms. The molecule has 0 unspecified atom stereocenters. The number of aromatic nitrogens is 6. The lowest BCUT2D eigenvalue weighted by Gasteiger charge is -2.10. The summed E-state index contributed by atoms with van der Waals surface area (Å²) in [7, 11) is 0. The predicted octanol–water partition coefficient (Wildman–Crippen LogP) is 6.40. The van der Waals surface area contributed by atoms with Crippen LogP contribution < -0.4 is 22.9 Å². The molecule has 0 spiro atoms. The van der Waals surface area contributed by atoms with E-state index >= 15 is 0 Å². The van der Waals surface area contributed by atoms with Gasteiger partial charge in [-0.2, -0.15) is 0 Å². The summed E-state index contributed by atoms with van der Waals surface area (Å²) >= 11 is 36.8. The van der Waals surface area contributed by atoms with Crippen molar-refractivity contribution >= 4 is 105 Å². The number of primary amides is 2. The van der Waals surface area contributed by atoms with Crippen molar-refractivity contribution in [1.29, 1.82) is 0 Å². The molecule has 0 aliphatic carbocycles. The van der Waals surface area contributed by atoms with Crippen molar-refractivity contribution in [2.75, 3.05) is 11.5 Å². The van der Waals surface area contributed by atoms with E-state index in [-0.39, 0.29) is 78.9 Å². The van der Waals surface area contributed by atoms with Crippen LogP contribution in [0.15, 0.2) is 72.8 Å². The highest BCUT2D eigenvalue weighted by molar-refractivity contribution is 6.42. The first-order chi connectivity index (χ1) is 25.5. The molecule has 0 radical (unpaired) electrons. The van der Waals surface area contributed by atoms with Crippen LogP contribution in [-0.2, 0) is 13.1 Å². The predicted molar refractivity (Wildman–Crippen MR) is 207 cm³/mol. The number of nitrogen functional groups attached to an aromatic ring is 2. The maximum atomic E-state index is 12.7. The average Bonchev–Trinajstić information content (AvgIpc) is 3.66. The fourth-order valence-electron chi connectivity index (χ4n) is 4.93. The summed E-state index contributed by atoms with van der Waals surface area (Å²) in [5.74, 6) is -2.17.